The molecule has 4 aromatic carbocycles. The van der Waals surface area contributed by atoms with Crippen LogP contribution >= 0.6 is 23.5 Å². The Balaban J connectivity index is 0.000000165. The van der Waals surface area contributed by atoms with Gasteiger partial charge in [-0.05, 0) is 120 Å². The lowest BCUT2D eigenvalue weighted by Gasteiger charge is -2.59. The fourth-order valence-electron chi connectivity index (χ4n) is 12.0. The molecule has 2 N–H and O–H groups in total. The third-order valence-electron chi connectivity index (χ3n) is 15.1. The lowest BCUT2D eigenvalue weighted by Crippen LogP contribution is -2.61. The van der Waals surface area contributed by atoms with Crippen molar-refractivity contribution in [1.29, 1.82) is 0 Å². The summed E-state index contributed by atoms with van der Waals surface area (Å²) in [5, 5.41) is 21.6. The largest absolute Gasteiger partial charge is 0.504 e. The molecule has 10 rings (SSSR count). The summed E-state index contributed by atoms with van der Waals surface area (Å²) in [6, 6.07) is 25.2. The molecule has 0 aromatic heterocycles. The number of phenolic OH excluding ortho intramolecular Hbond substituents is 2. The van der Waals surface area contributed by atoms with E-state index in [0.717, 1.165) is 53.1 Å². The van der Waals surface area contributed by atoms with Crippen LogP contribution in [0.25, 0.3) is 0 Å². The van der Waals surface area contributed by atoms with E-state index in [-0.39, 0.29) is 69.9 Å². The van der Waals surface area contributed by atoms with E-state index < -0.39 is 10.8 Å². The summed E-state index contributed by atoms with van der Waals surface area (Å²) in [4.78, 5) is 45.4. The molecule has 65 heavy (non-hydrogen) atoms. The average molecular weight is 915 g/mol. The molecule has 10 nitrogen and oxygen atoms in total. The number of aryl methyl sites for hydroxylation is 3. The van der Waals surface area contributed by atoms with Crippen LogP contribution in [0.4, 0.5) is 0 Å². The first kappa shape index (κ1) is 45.2. The second-order valence-electron chi connectivity index (χ2n) is 18.8. The lowest BCUT2D eigenvalue weighted by molar-refractivity contribution is -0.132. The van der Waals surface area contributed by atoms with Crippen LogP contribution in [0.1, 0.15) is 82.1 Å². The Hall–Kier alpha value is -5.01. The van der Waals surface area contributed by atoms with Crippen molar-refractivity contribution in [3.05, 3.63) is 135 Å². The van der Waals surface area contributed by atoms with Gasteiger partial charge in [0.25, 0.3) is 0 Å². The second-order valence-corrected chi connectivity index (χ2v) is 21.3. The molecule has 6 aliphatic rings. The number of fused-ring (bicyclic) bond motifs is 2. The van der Waals surface area contributed by atoms with Crippen LogP contribution in [0.2, 0.25) is 0 Å². The van der Waals surface area contributed by atoms with Gasteiger partial charge in [-0.15, -0.1) is 23.5 Å². The van der Waals surface area contributed by atoms with Crippen molar-refractivity contribution < 1.29 is 38.8 Å². The smallest absolute Gasteiger partial charge is 0.308 e. The molecule has 0 unspecified atom stereocenters. The van der Waals surface area contributed by atoms with E-state index in [9.17, 15) is 24.6 Å². The van der Waals surface area contributed by atoms with E-state index in [1.807, 2.05) is 36.9 Å². The standard InChI is InChI=1S/C28H31NO4S.C25H27NO4S/c1-16-6-9-19(10-7-16)34-27-20-11-8-17(2)26(33-18(3)30)24(20)28-12-13-29(4)25(27)21(28)14-23(32-5)22(31)15-28;1-14-4-6-15(7-5-14)31-24-16-8-9-18(27)23(29)21(16)25-10-11-26(2)22(24)17(25)12-20(30-3)19(28)13-25/h6-11,14,21,25,27H,12-13,15H2,1-5H3;4-9,12,17,22,24,27,29H,10-11,13H2,1-3H3/t21-,25-,27-,28-;17-,22-,24-,25-/m11/s1. The Morgan fingerprint density at radius 1 is 0.662 bits per heavy atom. The van der Waals surface area contributed by atoms with E-state index in [4.69, 9.17) is 14.2 Å². The number of esters is 1. The quantitative estimate of drug-likeness (QED) is 0.104. The number of benzene rings is 4. The maximum atomic E-state index is 13.2. The number of hydrogen-bond acceptors (Lipinski definition) is 12. The van der Waals surface area contributed by atoms with Crippen LogP contribution in [-0.4, -0.2) is 91.0 Å². The molecule has 8 atom stereocenters. The highest BCUT2D eigenvalue weighted by Crippen LogP contribution is 2.65. The van der Waals surface area contributed by atoms with Gasteiger partial charge in [0.15, 0.2) is 34.6 Å². The molecule has 2 heterocycles. The Morgan fingerprint density at radius 3 is 1.57 bits per heavy atom. The Morgan fingerprint density at radius 2 is 1.11 bits per heavy atom. The molecule has 340 valence electrons. The highest BCUT2D eigenvalue weighted by molar-refractivity contribution is 7.99. The number of Topliss-reactive ketones (excluding diaryl/α,β-unsaturated/α-hetero) is 2. The number of nitrogens with zero attached hydrogens (tertiary/aromatic N) is 2. The average Bonchev–Trinajstić information content (AvgIpc) is 3.27. The molecule has 2 aliphatic heterocycles. The number of carbonyl (C=O) groups is 3. The number of aromatic hydroxyl groups is 2. The minimum atomic E-state index is -0.529. The molecule has 2 fully saturated rings. The third kappa shape index (κ3) is 7.58. The molecular formula is C53H58N2O8S2. The summed E-state index contributed by atoms with van der Waals surface area (Å²) in [6.45, 7) is 9.30. The van der Waals surface area contributed by atoms with Crippen LogP contribution in [0.5, 0.6) is 17.2 Å². The zero-order chi connectivity index (χ0) is 46.1. The number of ketones is 2. The zero-order valence-corrected chi connectivity index (χ0v) is 40.0. The number of piperidine rings is 2. The molecule has 4 bridgehead atoms. The van der Waals surface area contributed by atoms with Gasteiger partial charge in [-0.1, -0.05) is 53.6 Å². The van der Waals surface area contributed by atoms with E-state index in [0.29, 0.717) is 23.7 Å². The van der Waals surface area contributed by atoms with Gasteiger partial charge in [0, 0.05) is 75.4 Å². The van der Waals surface area contributed by atoms with Crippen molar-refractivity contribution in [3.63, 3.8) is 0 Å². The van der Waals surface area contributed by atoms with E-state index in [2.05, 4.69) is 98.4 Å². The monoisotopic (exact) mass is 914 g/mol. The van der Waals surface area contributed by atoms with E-state index >= 15 is 0 Å². The molecule has 0 radical (unpaired) electrons. The Labute approximate surface area is 390 Å². The maximum Gasteiger partial charge on any atom is 0.308 e. The number of methoxy groups -OCH3 is 2. The van der Waals surface area contributed by atoms with Gasteiger partial charge in [0.1, 0.15) is 5.75 Å². The number of allylic oxidation sites excluding steroid dienone is 2. The number of hydrogen-bond donors (Lipinski definition) is 2. The van der Waals surface area contributed by atoms with Crippen molar-refractivity contribution >= 4 is 41.1 Å². The fourth-order valence-corrected chi connectivity index (χ4v) is 14.8. The number of thioether (sulfide) groups is 2. The lowest BCUT2D eigenvalue weighted by atomic mass is 9.53. The van der Waals surface area contributed by atoms with Gasteiger partial charge < -0.3 is 34.2 Å². The van der Waals surface area contributed by atoms with Gasteiger partial charge in [-0.3, -0.25) is 14.4 Å². The predicted octanol–water partition coefficient (Wildman–Crippen LogP) is 9.45. The Kier molecular flexibility index (Phi) is 12.0. The molecule has 0 spiro atoms. The van der Waals surface area contributed by atoms with Crippen molar-refractivity contribution in [3.8, 4) is 17.2 Å². The van der Waals surface area contributed by atoms with Crippen LogP contribution in [0, 0.1) is 32.6 Å². The number of rotatable bonds is 7. The number of phenols is 2. The summed E-state index contributed by atoms with van der Waals surface area (Å²) in [6.07, 6.45) is 6.26. The molecule has 4 aliphatic carbocycles. The summed E-state index contributed by atoms with van der Waals surface area (Å²) >= 11 is 3.62. The molecule has 0 amide bonds. The first-order valence-corrected chi connectivity index (χ1v) is 24.2. The normalized spacial score (nSPS) is 28.8. The summed E-state index contributed by atoms with van der Waals surface area (Å²) in [7, 11) is 7.43. The van der Waals surface area contributed by atoms with Crippen LogP contribution in [0.15, 0.2) is 106 Å². The fraction of sp³-hybridized carbons (Fsp3) is 0.415. The highest BCUT2D eigenvalue weighted by atomic mass is 32.2. The van der Waals surface area contributed by atoms with Crippen LogP contribution in [0.3, 0.4) is 0 Å². The first-order chi connectivity index (χ1) is 31.1. The van der Waals surface area contributed by atoms with Crippen molar-refractivity contribution in [2.24, 2.45) is 11.8 Å². The summed E-state index contributed by atoms with van der Waals surface area (Å²) in [5.41, 5.74) is 6.39. The first-order valence-electron chi connectivity index (χ1n) is 22.4. The third-order valence-corrected chi connectivity index (χ3v) is 17.7. The van der Waals surface area contributed by atoms with E-state index in [1.165, 1.54) is 28.5 Å². The number of likely N-dealkylation sites (N-methyl/N-ethyl adjacent to an activating group) is 2. The van der Waals surface area contributed by atoms with Crippen molar-refractivity contribution in [2.75, 3.05) is 41.4 Å². The number of likely N-dealkylation sites (tertiary alicyclic amines) is 2. The van der Waals surface area contributed by atoms with Gasteiger partial charge in [0.05, 0.1) is 24.7 Å². The minimum Gasteiger partial charge on any atom is -0.504 e. The minimum absolute atomic E-state index is 0.00190. The number of ether oxygens (including phenoxy) is 3. The van der Waals surface area contributed by atoms with Crippen molar-refractivity contribution in [1.82, 2.24) is 9.80 Å². The SMILES string of the molecule is COC1=C[C@@H]2[C@@H]3[C@H](Sc4ccc(C)cc4)c4ccc(C)c(OC(C)=O)c4[C@]2(CCN3C)CC1=O.COC1=C[C@@H]2[C@@H]3[C@H](Sc4ccc(C)cc4)c4ccc(O)c(O)c4[C@]2(CCN3C)CC1=O. The summed E-state index contributed by atoms with van der Waals surface area (Å²) in [5.74, 6) is 1.00. The summed E-state index contributed by atoms with van der Waals surface area (Å²) < 4.78 is 16.8. The predicted molar refractivity (Wildman–Crippen MR) is 254 cm³/mol. The zero-order valence-electron chi connectivity index (χ0n) is 38.3. The molecular weight excluding hydrogens is 857 g/mol. The molecule has 0 saturated carbocycles. The van der Waals surface area contributed by atoms with E-state index in [1.54, 1.807) is 32.0 Å². The van der Waals surface area contributed by atoms with Crippen LogP contribution < -0.4 is 4.74 Å². The topological polar surface area (TPSA) is 126 Å². The van der Waals surface area contributed by atoms with Crippen LogP contribution in [-0.2, 0) is 34.7 Å². The van der Waals surface area contributed by atoms with Gasteiger partial charge in [-0.25, -0.2) is 0 Å². The van der Waals surface area contributed by atoms with Crippen molar-refractivity contribution in [2.45, 2.75) is 96.6 Å². The number of carbonyl (C=O) groups excluding carboxylic acids is 3. The van der Waals surface area contributed by atoms with Gasteiger partial charge in [-0.2, -0.15) is 0 Å². The molecule has 12 heteroatoms. The highest BCUT2D eigenvalue weighted by Gasteiger charge is 2.61. The molecule has 2 saturated heterocycles. The van der Waals surface area contributed by atoms with Gasteiger partial charge >= 0.3 is 5.97 Å². The Bertz CT molecular complexity index is 2630. The maximum absolute atomic E-state index is 13.2. The second kappa shape index (κ2) is 17.3. The van der Waals surface area contributed by atoms with Gasteiger partial charge in [0.2, 0.25) is 0 Å². The molecule has 4 aromatic rings.